The summed E-state index contributed by atoms with van der Waals surface area (Å²) < 4.78 is 37.0. The van der Waals surface area contributed by atoms with E-state index in [1.807, 2.05) is 0 Å². The van der Waals surface area contributed by atoms with Gasteiger partial charge >= 0.3 is 11.4 Å². The Morgan fingerprint density at radius 2 is 0.947 bits per heavy atom. The molecule has 0 heterocycles. The zero-order valence-electron chi connectivity index (χ0n) is 20.1. The molecule has 0 amide bonds. The van der Waals surface area contributed by atoms with Crippen molar-refractivity contribution >= 4 is 11.4 Å². The molecule has 12 nitrogen and oxygen atoms in total. The Morgan fingerprint density at radius 3 is 1.24 bits per heavy atom. The van der Waals surface area contributed by atoms with Crippen molar-refractivity contribution in [3.63, 3.8) is 0 Å². The summed E-state index contributed by atoms with van der Waals surface area (Å²) in [6, 6.07) is 5.89. The molecule has 0 aliphatic heterocycles. The van der Waals surface area contributed by atoms with Crippen molar-refractivity contribution in [1.82, 2.24) is 0 Å². The van der Waals surface area contributed by atoms with Gasteiger partial charge < -0.3 is 29.9 Å². The molecule has 2 aliphatic carbocycles. The maximum Gasteiger partial charge on any atom is 0.311 e. The van der Waals surface area contributed by atoms with Gasteiger partial charge in [0.15, 0.2) is 11.5 Å². The SMILES string of the molecule is O=[N+]([O-])c1ccc(F)cc1OC1C[C@@H](O)C[C@@H](O)C1.O=[N+]([O-])c1ccc(F)cc1OC1C[C@H](O)C[C@@H](O)C1. The van der Waals surface area contributed by atoms with Gasteiger partial charge in [0.05, 0.1) is 34.3 Å². The molecule has 2 aromatic carbocycles. The Kier molecular flexibility index (Phi) is 9.85. The fraction of sp³-hybridized carbons (Fsp3) is 0.500. The van der Waals surface area contributed by atoms with Crippen LogP contribution in [0.4, 0.5) is 20.2 Å². The second-order valence-corrected chi connectivity index (χ2v) is 9.25. The number of aliphatic hydroxyl groups excluding tert-OH is 4. The smallest absolute Gasteiger partial charge is 0.311 e. The number of hydrogen-bond donors (Lipinski definition) is 4. The highest BCUT2D eigenvalue weighted by atomic mass is 19.1. The molecule has 5 atom stereocenters. The van der Waals surface area contributed by atoms with Gasteiger partial charge in [-0.25, -0.2) is 8.78 Å². The van der Waals surface area contributed by atoms with Crippen LogP contribution in [0.2, 0.25) is 0 Å². The topological polar surface area (TPSA) is 186 Å². The Hall–Kier alpha value is -3.46. The summed E-state index contributed by atoms with van der Waals surface area (Å²) in [6.07, 6.45) is -2.50. The maximum atomic E-state index is 13.1. The molecule has 0 spiro atoms. The first-order valence-electron chi connectivity index (χ1n) is 11.8. The van der Waals surface area contributed by atoms with Crippen LogP contribution in [0.1, 0.15) is 38.5 Å². The van der Waals surface area contributed by atoms with Crippen molar-refractivity contribution in [2.45, 2.75) is 75.1 Å². The number of nitro groups is 2. The molecule has 0 bridgehead atoms. The molecule has 4 N–H and O–H groups in total. The van der Waals surface area contributed by atoms with Gasteiger partial charge in [0.25, 0.3) is 0 Å². The van der Waals surface area contributed by atoms with Crippen LogP contribution in [-0.4, -0.2) is 66.9 Å². The summed E-state index contributed by atoms with van der Waals surface area (Å²) in [7, 11) is 0. The normalized spacial score (nSPS) is 27.0. The van der Waals surface area contributed by atoms with Gasteiger partial charge in [-0.2, -0.15) is 0 Å². The fourth-order valence-electron chi connectivity index (χ4n) is 4.44. The summed E-state index contributed by atoms with van der Waals surface area (Å²) >= 11 is 0. The molecule has 2 fully saturated rings. The summed E-state index contributed by atoms with van der Waals surface area (Å²) in [5.41, 5.74) is -0.674. The molecule has 2 aliphatic rings. The van der Waals surface area contributed by atoms with Crippen LogP contribution < -0.4 is 9.47 Å². The average Bonchev–Trinajstić information content (AvgIpc) is 2.78. The summed E-state index contributed by atoms with van der Waals surface area (Å²) in [5, 5.41) is 59.7. The highest BCUT2D eigenvalue weighted by molar-refractivity contribution is 5.47. The van der Waals surface area contributed by atoms with E-state index in [1.54, 1.807) is 0 Å². The van der Waals surface area contributed by atoms with E-state index in [0.717, 1.165) is 36.4 Å². The molecule has 208 valence electrons. The third-order valence-corrected chi connectivity index (χ3v) is 6.05. The summed E-state index contributed by atoms with van der Waals surface area (Å²) in [5.74, 6) is -1.65. The molecule has 1 unspecified atom stereocenters. The van der Waals surface area contributed by atoms with Gasteiger partial charge in [0.2, 0.25) is 0 Å². The van der Waals surface area contributed by atoms with Crippen LogP contribution in [0.25, 0.3) is 0 Å². The fourth-order valence-corrected chi connectivity index (χ4v) is 4.44. The second-order valence-electron chi connectivity index (χ2n) is 9.25. The van der Waals surface area contributed by atoms with E-state index in [1.165, 1.54) is 0 Å². The van der Waals surface area contributed by atoms with Gasteiger partial charge in [-0.05, 0) is 25.0 Å². The van der Waals surface area contributed by atoms with Crippen molar-refractivity contribution in [2.75, 3.05) is 0 Å². The lowest BCUT2D eigenvalue weighted by Gasteiger charge is -2.29. The molecular formula is C24H28F2N2O10. The van der Waals surface area contributed by atoms with Crippen LogP contribution in [0.5, 0.6) is 11.5 Å². The van der Waals surface area contributed by atoms with Gasteiger partial charge in [-0.15, -0.1) is 0 Å². The molecular weight excluding hydrogens is 514 g/mol. The largest absolute Gasteiger partial charge is 0.483 e. The predicted molar refractivity (Wildman–Crippen MR) is 127 cm³/mol. The molecule has 0 radical (unpaired) electrons. The molecule has 2 aromatic rings. The highest BCUT2D eigenvalue weighted by Crippen LogP contribution is 2.33. The zero-order chi connectivity index (χ0) is 28.0. The first-order chi connectivity index (χ1) is 17.9. The zero-order valence-corrected chi connectivity index (χ0v) is 20.1. The monoisotopic (exact) mass is 542 g/mol. The van der Waals surface area contributed by atoms with Gasteiger partial charge in [0.1, 0.15) is 23.8 Å². The minimum absolute atomic E-state index is 0.184. The van der Waals surface area contributed by atoms with E-state index in [0.29, 0.717) is 0 Å². The van der Waals surface area contributed by atoms with E-state index < -0.39 is 58.1 Å². The number of halogens is 2. The van der Waals surface area contributed by atoms with Crippen LogP contribution in [-0.2, 0) is 0 Å². The van der Waals surface area contributed by atoms with E-state index >= 15 is 0 Å². The first-order valence-corrected chi connectivity index (χ1v) is 11.8. The first kappa shape index (κ1) is 29.1. The number of benzene rings is 2. The van der Waals surface area contributed by atoms with Crippen molar-refractivity contribution in [2.24, 2.45) is 0 Å². The summed E-state index contributed by atoms with van der Waals surface area (Å²) in [6.45, 7) is 0. The number of hydrogen-bond acceptors (Lipinski definition) is 10. The van der Waals surface area contributed by atoms with Crippen molar-refractivity contribution < 1.29 is 48.5 Å². The lowest BCUT2D eigenvalue weighted by atomic mass is 9.92. The maximum absolute atomic E-state index is 13.1. The third kappa shape index (κ3) is 8.28. The van der Waals surface area contributed by atoms with Crippen LogP contribution in [0.3, 0.4) is 0 Å². The van der Waals surface area contributed by atoms with Crippen molar-refractivity contribution in [3.05, 3.63) is 68.3 Å². The van der Waals surface area contributed by atoms with Crippen LogP contribution in [0, 0.1) is 31.9 Å². The lowest BCUT2D eigenvalue weighted by Crippen LogP contribution is -2.36. The molecule has 0 aromatic heterocycles. The lowest BCUT2D eigenvalue weighted by molar-refractivity contribution is -0.386. The quantitative estimate of drug-likeness (QED) is 0.312. The second kappa shape index (κ2) is 12.9. The standard InChI is InChI=1S/2C12H14FNO5/c2*13-7-1-2-11(14(17)18)12(3-7)19-10-5-8(15)4-9(16)6-10/h2*1-3,8-10,15-16H,4-6H2/t8-,9+,10?;8-,9-/m.1/s1. The van der Waals surface area contributed by atoms with Crippen LogP contribution in [0.15, 0.2) is 36.4 Å². The highest BCUT2D eigenvalue weighted by Gasteiger charge is 2.31. The number of rotatable bonds is 6. The van der Waals surface area contributed by atoms with Gasteiger partial charge in [0, 0.05) is 49.9 Å². The van der Waals surface area contributed by atoms with E-state index in [2.05, 4.69) is 0 Å². The Labute approximate surface area is 215 Å². The van der Waals surface area contributed by atoms with Crippen LogP contribution >= 0.6 is 0 Å². The number of nitrogens with zero attached hydrogens (tertiary/aromatic N) is 2. The number of nitro benzene ring substituents is 2. The number of ether oxygens (including phenoxy) is 2. The third-order valence-electron chi connectivity index (χ3n) is 6.05. The molecule has 2 saturated carbocycles. The molecule has 4 rings (SSSR count). The van der Waals surface area contributed by atoms with Gasteiger partial charge in [-0.3, -0.25) is 20.2 Å². The average molecular weight is 542 g/mol. The Morgan fingerprint density at radius 1 is 0.632 bits per heavy atom. The summed E-state index contributed by atoms with van der Waals surface area (Å²) in [4.78, 5) is 20.3. The molecule has 0 saturated heterocycles. The Balaban J connectivity index is 0.000000211. The van der Waals surface area contributed by atoms with E-state index in [-0.39, 0.29) is 61.4 Å². The van der Waals surface area contributed by atoms with Gasteiger partial charge in [-0.1, -0.05) is 0 Å². The van der Waals surface area contributed by atoms with Crippen molar-refractivity contribution in [3.8, 4) is 11.5 Å². The minimum Gasteiger partial charge on any atom is -0.483 e. The molecule has 14 heteroatoms. The minimum atomic E-state index is -0.721. The Bertz CT molecular complexity index is 1030. The molecule has 38 heavy (non-hydrogen) atoms. The van der Waals surface area contributed by atoms with E-state index in [4.69, 9.17) is 9.47 Å². The van der Waals surface area contributed by atoms with Crippen molar-refractivity contribution in [1.29, 1.82) is 0 Å². The number of aliphatic hydroxyl groups is 4. The predicted octanol–water partition coefficient (Wildman–Crippen LogP) is 2.77. The van der Waals surface area contributed by atoms with E-state index in [9.17, 15) is 49.4 Å².